The number of allylic oxidation sites excluding steroid dienone is 1. The van der Waals surface area contributed by atoms with Gasteiger partial charge in [0.25, 0.3) is 0 Å². The molecule has 35 heavy (non-hydrogen) atoms. The van der Waals surface area contributed by atoms with E-state index in [1.807, 2.05) is 20.8 Å². The predicted octanol–water partition coefficient (Wildman–Crippen LogP) is 7.92. The van der Waals surface area contributed by atoms with Gasteiger partial charge in [0.2, 0.25) is 0 Å². The third-order valence-electron chi connectivity index (χ3n) is 8.19. The van der Waals surface area contributed by atoms with Crippen molar-refractivity contribution in [1.29, 1.82) is 0 Å². The minimum absolute atomic E-state index is 0.0483. The Hall–Kier alpha value is -1.45. The first kappa shape index (κ1) is 31.6. The number of benzene rings is 1. The van der Waals surface area contributed by atoms with Crippen molar-refractivity contribution in [2.24, 2.45) is 23.0 Å². The summed E-state index contributed by atoms with van der Waals surface area (Å²) in [5, 5.41) is 10.4. The summed E-state index contributed by atoms with van der Waals surface area (Å²) in [6.45, 7) is 18.6. The Morgan fingerprint density at radius 1 is 1.14 bits per heavy atom. The van der Waals surface area contributed by atoms with Gasteiger partial charge in [0, 0.05) is 6.42 Å². The third kappa shape index (κ3) is 8.86. The zero-order chi connectivity index (χ0) is 26.6. The number of nitrogens with two attached hydrogens (primary N) is 1. The van der Waals surface area contributed by atoms with E-state index < -0.39 is 0 Å². The van der Waals surface area contributed by atoms with E-state index in [0.717, 1.165) is 36.3 Å². The van der Waals surface area contributed by atoms with Crippen LogP contribution in [0.2, 0.25) is 0 Å². The highest BCUT2D eigenvalue weighted by molar-refractivity contribution is 5.77. The van der Waals surface area contributed by atoms with Gasteiger partial charge in [-0.3, -0.25) is 4.79 Å². The van der Waals surface area contributed by atoms with Crippen LogP contribution in [0.15, 0.2) is 30.4 Å². The topological polar surface area (TPSA) is 63.3 Å². The fourth-order valence-electron chi connectivity index (χ4n) is 6.50. The number of carbonyl (C=O) groups is 1. The molecule has 3 N–H and O–H groups in total. The molecule has 3 nitrogen and oxygen atoms in total. The minimum Gasteiger partial charge on any atom is -0.393 e. The molecule has 2 saturated carbocycles. The predicted molar refractivity (Wildman–Crippen MR) is 152 cm³/mol. The summed E-state index contributed by atoms with van der Waals surface area (Å²) in [6, 6.07) is 7.09. The number of unbranched alkanes of at least 4 members (excludes halogenated alkanes) is 2. The molecule has 0 aromatic heterocycles. The number of carbonyl (C=O) groups excluding carboxylic acids is 1. The number of aryl methyl sites for hydroxylation is 2. The van der Waals surface area contributed by atoms with Crippen LogP contribution in [0.25, 0.3) is 0 Å². The van der Waals surface area contributed by atoms with E-state index in [9.17, 15) is 9.90 Å². The second kappa shape index (κ2) is 15.6. The van der Waals surface area contributed by atoms with E-state index in [1.165, 1.54) is 56.9 Å². The fourth-order valence-corrected chi connectivity index (χ4v) is 6.50. The number of hydrogen-bond donors (Lipinski definition) is 2. The zero-order valence-electron chi connectivity index (χ0n) is 24.0. The SMILES string of the molecule is C=C(C)CC(C)=O.CC.CCCCCN.Cc1ccc2c(c1)CCC1C2CCC2(C)C(O)CCC12. The Morgan fingerprint density at radius 2 is 1.83 bits per heavy atom. The van der Waals surface area contributed by atoms with Gasteiger partial charge in [-0.25, -0.2) is 0 Å². The van der Waals surface area contributed by atoms with Gasteiger partial charge < -0.3 is 10.8 Å². The van der Waals surface area contributed by atoms with E-state index in [-0.39, 0.29) is 17.3 Å². The molecule has 0 saturated heterocycles. The third-order valence-corrected chi connectivity index (χ3v) is 8.19. The van der Waals surface area contributed by atoms with E-state index >= 15 is 0 Å². The molecule has 0 amide bonds. The van der Waals surface area contributed by atoms with Crippen molar-refractivity contribution in [3.05, 3.63) is 47.0 Å². The largest absolute Gasteiger partial charge is 0.393 e. The zero-order valence-corrected chi connectivity index (χ0v) is 24.0. The Kier molecular flexibility index (Phi) is 14.1. The van der Waals surface area contributed by atoms with Gasteiger partial charge in [-0.15, -0.1) is 0 Å². The fraction of sp³-hybridized carbons (Fsp3) is 0.719. The van der Waals surface area contributed by atoms with Crippen LogP contribution < -0.4 is 5.73 Å². The quantitative estimate of drug-likeness (QED) is 0.329. The number of aliphatic hydroxyl groups is 1. The highest BCUT2D eigenvalue weighted by Gasteiger charge is 2.54. The number of hydrogen-bond acceptors (Lipinski definition) is 3. The van der Waals surface area contributed by atoms with Crippen LogP contribution in [-0.2, 0) is 11.2 Å². The number of ketones is 1. The van der Waals surface area contributed by atoms with Gasteiger partial charge in [-0.05, 0) is 107 Å². The number of fused-ring (bicyclic) bond motifs is 5. The number of rotatable bonds is 5. The van der Waals surface area contributed by atoms with Gasteiger partial charge in [0.1, 0.15) is 5.78 Å². The molecule has 3 aliphatic rings. The molecule has 0 bridgehead atoms. The summed E-state index contributed by atoms with van der Waals surface area (Å²) in [7, 11) is 0. The van der Waals surface area contributed by atoms with Gasteiger partial charge in [-0.2, -0.15) is 0 Å². The Morgan fingerprint density at radius 3 is 2.34 bits per heavy atom. The van der Waals surface area contributed by atoms with Crippen LogP contribution in [0, 0.1) is 24.2 Å². The van der Waals surface area contributed by atoms with Crippen LogP contribution in [0.5, 0.6) is 0 Å². The van der Waals surface area contributed by atoms with Crippen molar-refractivity contribution in [2.45, 2.75) is 125 Å². The summed E-state index contributed by atoms with van der Waals surface area (Å²) >= 11 is 0. The second-order valence-electron chi connectivity index (χ2n) is 11.1. The number of Topliss-reactive ketones (excluding diaryl/α,β-unsaturated/α-hetero) is 1. The average Bonchev–Trinajstić information content (AvgIpc) is 3.13. The maximum Gasteiger partial charge on any atom is 0.133 e. The summed E-state index contributed by atoms with van der Waals surface area (Å²) < 4.78 is 0. The monoisotopic (exact) mass is 485 g/mol. The van der Waals surface area contributed by atoms with Gasteiger partial charge in [0.05, 0.1) is 6.10 Å². The first-order valence-electron chi connectivity index (χ1n) is 14.2. The van der Waals surface area contributed by atoms with Gasteiger partial charge >= 0.3 is 0 Å². The molecule has 1 aromatic carbocycles. The molecule has 1 aromatic rings. The van der Waals surface area contributed by atoms with Crippen molar-refractivity contribution >= 4 is 5.78 Å². The van der Waals surface area contributed by atoms with Crippen LogP contribution in [0.1, 0.15) is 122 Å². The molecule has 3 heteroatoms. The molecule has 5 atom stereocenters. The van der Waals surface area contributed by atoms with E-state index in [4.69, 9.17) is 5.73 Å². The van der Waals surface area contributed by atoms with E-state index in [0.29, 0.717) is 6.42 Å². The van der Waals surface area contributed by atoms with Crippen LogP contribution in [-0.4, -0.2) is 23.5 Å². The standard InChI is InChI=1S/C19H26O.C6H10O.C5H13N.C2H6/c1-12-3-5-14-13(11-12)4-6-16-15(14)9-10-19(2)17(16)7-8-18(19)20;1-5(2)4-6(3)7;1-2-3-4-5-6;1-2/h3,5,11,15-18,20H,4,6-10H2,1-2H3;1,4H2,2-3H3;2-6H2,1H3;1-2H3. The highest BCUT2D eigenvalue weighted by atomic mass is 16.3. The maximum absolute atomic E-state index is 10.4. The molecular weight excluding hydrogens is 430 g/mol. The lowest BCUT2D eigenvalue weighted by molar-refractivity contribution is -0.116. The summed E-state index contributed by atoms with van der Waals surface area (Å²) in [5.41, 5.74) is 11.0. The maximum atomic E-state index is 10.4. The van der Waals surface area contributed by atoms with E-state index in [1.54, 1.807) is 18.1 Å². The molecule has 0 spiro atoms. The summed E-state index contributed by atoms with van der Waals surface area (Å²) in [5.74, 6) is 2.53. The Bertz CT molecular complexity index is 770. The van der Waals surface area contributed by atoms with Crippen molar-refractivity contribution in [2.75, 3.05) is 6.54 Å². The molecule has 0 radical (unpaired) electrons. The average molecular weight is 486 g/mol. The molecule has 2 fully saturated rings. The lowest BCUT2D eigenvalue weighted by atomic mass is 9.55. The van der Waals surface area contributed by atoms with Crippen LogP contribution in [0.4, 0.5) is 0 Å². The Labute approximate surface area is 217 Å². The molecule has 5 unspecified atom stereocenters. The van der Waals surface area contributed by atoms with E-state index in [2.05, 4.69) is 45.5 Å². The highest BCUT2D eigenvalue weighted by Crippen LogP contribution is 2.60. The van der Waals surface area contributed by atoms with Crippen molar-refractivity contribution in [3.63, 3.8) is 0 Å². The summed E-state index contributed by atoms with van der Waals surface area (Å²) in [6.07, 6.45) is 11.6. The normalized spacial score (nSPS) is 27.8. The first-order valence-corrected chi connectivity index (χ1v) is 14.2. The molecule has 4 rings (SSSR count). The molecule has 200 valence electrons. The van der Waals surface area contributed by atoms with Gasteiger partial charge in [0.15, 0.2) is 0 Å². The Balaban J connectivity index is 0.000000341. The molecule has 0 aliphatic heterocycles. The number of aliphatic hydroxyl groups excluding tert-OH is 1. The summed E-state index contributed by atoms with van der Waals surface area (Å²) in [4.78, 5) is 10.2. The van der Waals surface area contributed by atoms with Gasteiger partial charge in [-0.1, -0.05) is 76.5 Å². The second-order valence-corrected chi connectivity index (χ2v) is 11.1. The molecule has 0 heterocycles. The smallest absolute Gasteiger partial charge is 0.133 e. The lowest BCUT2D eigenvalue weighted by Gasteiger charge is -2.50. The minimum atomic E-state index is -0.0483. The van der Waals surface area contributed by atoms with Crippen molar-refractivity contribution in [1.82, 2.24) is 0 Å². The first-order chi connectivity index (χ1) is 16.6. The molecular formula is C32H55NO2. The molecule has 3 aliphatic carbocycles. The lowest BCUT2D eigenvalue weighted by Crippen LogP contribution is -2.43. The van der Waals surface area contributed by atoms with Crippen molar-refractivity contribution < 1.29 is 9.90 Å². The van der Waals surface area contributed by atoms with Crippen LogP contribution in [0.3, 0.4) is 0 Å². The van der Waals surface area contributed by atoms with Crippen LogP contribution >= 0.6 is 0 Å². The van der Waals surface area contributed by atoms with Crippen molar-refractivity contribution in [3.8, 4) is 0 Å².